The number of halogens is 2. The van der Waals surface area contributed by atoms with Crippen molar-refractivity contribution in [1.29, 1.82) is 0 Å². The Morgan fingerprint density at radius 2 is 1.83 bits per heavy atom. The molecule has 0 fully saturated rings. The van der Waals surface area contributed by atoms with E-state index in [1.54, 1.807) is 30.3 Å². The van der Waals surface area contributed by atoms with Crippen molar-refractivity contribution in [3.05, 3.63) is 69.3 Å². The van der Waals surface area contributed by atoms with Crippen LogP contribution in [-0.2, 0) is 0 Å². The topological polar surface area (TPSA) is 68.3 Å². The summed E-state index contributed by atoms with van der Waals surface area (Å²) in [4.78, 5) is 12.3. The van der Waals surface area contributed by atoms with Gasteiger partial charge in [-0.05, 0) is 36.4 Å². The molecule has 1 heterocycles. The number of carbonyl (C=O) groups excluding carboxylic acids is 1. The van der Waals surface area contributed by atoms with Crippen molar-refractivity contribution < 1.29 is 9.21 Å². The molecule has 0 aliphatic rings. The summed E-state index contributed by atoms with van der Waals surface area (Å²) in [5, 5.41) is 2.74. The summed E-state index contributed by atoms with van der Waals surface area (Å²) in [7, 11) is 0. The molecular formula is C17H12Br2N2O2. The Morgan fingerprint density at radius 3 is 2.57 bits per heavy atom. The molecule has 116 valence electrons. The number of carbonyl (C=O) groups is 1. The van der Waals surface area contributed by atoms with Crippen LogP contribution in [0.25, 0.3) is 11.3 Å². The van der Waals surface area contributed by atoms with Crippen LogP contribution >= 0.6 is 31.9 Å². The lowest BCUT2D eigenvalue weighted by molar-refractivity contribution is 0.0997. The Labute approximate surface area is 149 Å². The van der Waals surface area contributed by atoms with Crippen molar-refractivity contribution in [1.82, 2.24) is 0 Å². The van der Waals surface area contributed by atoms with Crippen LogP contribution in [0.4, 0.5) is 11.4 Å². The molecule has 0 aliphatic heterocycles. The molecule has 3 aromatic rings. The second kappa shape index (κ2) is 6.60. The summed E-state index contributed by atoms with van der Waals surface area (Å²) in [6.07, 6.45) is 0. The molecule has 0 unspecified atom stereocenters. The van der Waals surface area contributed by atoms with E-state index in [2.05, 4.69) is 37.2 Å². The zero-order chi connectivity index (χ0) is 16.4. The molecule has 6 heteroatoms. The van der Waals surface area contributed by atoms with Crippen molar-refractivity contribution in [2.45, 2.75) is 0 Å². The van der Waals surface area contributed by atoms with Gasteiger partial charge in [-0.2, -0.15) is 0 Å². The minimum absolute atomic E-state index is 0.220. The number of nitrogen functional groups attached to an aromatic ring is 1. The van der Waals surface area contributed by atoms with E-state index in [0.29, 0.717) is 17.1 Å². The molecule has 3 N–H and O–H groups in total. The Bertz CT molecular complexity index is 875. The summed E-state index contributed by atoms with van der Waals surface area (Å²) in [5.74, 6) is 0.488. The minimum Gasteiger partial charge on any atom is -0.451 e. The van der Waals surface area contributed by atoms with E-state index >= 15 is 0 Å². The summed E-state index contributed by atoms with van der Waals surface area (Å²) >= 11 is 6.80. The maximum atomic E-state index is 12.3. The fourth-order valence-electron chi connectivity index (χ4n) is 2.10. The van der Waals surface area contributed by atoms with Crippen LogP contribution in [0.2, 0.25) is 0 Å². The highest BCUT2D eigenvalue weighted by atomic mass is 79.9. The molecule has 4 nitrogen and oxygen atoms in total. The van der Waals surface area contributed by atoms with Crippen molar-refractivity contribution in [2.24, 2.45) is 0 Å². The molecule has 0 aliphatic carbocycles. The van der Waals surface area contributed by atoms with Gasteiger partial charge in [-0.25, -0.2) is 0 Å². The van der Waals surface area contributed by atoms with Gasteiger partial charge in [-0.3, -0.25) is 4.79 Å². The largest absolute Gasteiger partial charge is 0.451 e. The van der Waals surface area contributed by atoms with Gasteiger partial charge in [0.2, 0.25) is 0 Å². The minimum atomic E-state index is -0.350. The number of hydrogen-bond donors (Lipinski definition) is 2. The first-order chi connectivity index (χ1) is 11.0. The molecule has 3 rings (SSSR count). The summed E-state index contributed by atoms with van der Waals surface area (Å²) in [6.45, 7) is 0. The van der Waals surface area contributed by atoms with Crippen LogP contribution in [0.15, 0.2) is 68.0 Å². The van der Waals surface area contributed by atoms with E-state index in [4.69, 9.17) is 10.2 Å². The third kappa shape index (κ3) is 3.48. The second-order valence-electron chi connectivity index (χ2n) is 4.83. The number of anilines is 2. The molecule has 0 radical (unpaired) electrons. The summed E-state index contributed by atoms with van der Waals surface area (Å²) in [5.41, 5.74) is 7.78. The first kappa shape index (κ1) is 15.8. The quantitative estimate of drug-likeness (QED) is 0.548. The van der Waals surface area contributed by atoms with Crippen LogP contribution in [0.5, 0.6) is 0 Å². The molecule has 0 atom stereocenters. The maximum Gasteiger partial charge on any atom is 0.291 e. The molecule has 23 heavy (non-hydrogen) atoms. The van der Waals surface area contributed by atoms with Crippen LogP contribution in [0.3, 0.4) is 0 Å². The lowest BCUT2D eigenvalue weighted by Crippen LogP contribution is -2.12. The van der Waals surface area contributed by atoms with E-state index in [1.807, 2.05) is 24.3 Å². The van der Waals surface area contributed by atoms with Crippen molar-refractivity contribution in [3.63, 3.8) is 0 Å². The number of benzene rings is 2. The number of nitrogens with two attached hydrogens (primary N) is 1. The van der Waals surface area contributed by atoms with E-state index < -0.39 is 0 Å². The van der Waals surface area contributed by atoms with E-state index in [9.17, 15) is 4.79 Å². The second-order valence-corrected chi connectivity index (χ2v) is 6.60. The number of furan rings is 1. The first-order valence-corrected chi connectivity index (χ1v) is 8.34. The lowest BCUT2D eigenvalue weighted by Gasteiger charge is -2.07. The van der Waals surface area contributed by atoms with Crippen molar-refractivity contribution in [2.75, 3.05) is 11.1 Å². The highest BCUT2D eigenvalue weighted by molar-refractivity contribution is 9.10. The number of amides is 1. The van der Waals surface area contributed by atoms with Crippen LogP contribution in [0, 0.1) is 0 Å². The smallest absolute Gasteiger partial charge is 0.291 e. The molecule has 0 saturated heterocycles. The third-order valence-corrected chi connectivity index (χ3v) is 4.42. The van der Waals surface area contributed by atoms with Crippen molar-refractivity contribution in [3.8, 4) is 11.3 Å². The van der Waals surface area contributed by atoms with Gasteiger partial charge in [0, 0.05) is 14.5 Å². The fraction of sp³-hybridized carbons (Fsp3) is 0. The zero-order valence-electron chi connectivity index (χ0n) is 11.8. The molecular weight excluding hydrogens is 424 g/mol. The van der Waals surface area contributed by atoms with Gasteiger partial charge in [0.25, 0.3) is 5.91 Å². The lowest BCUT2D eigenvalue weighted by atomic mass is 10.2. The van der Waals surface area contributed by atoms with Crippen LogP contribution in [0.1, 0.15) is 10.6 Å². The summed E-state index contributed by atoms with van der Waals surface area (Å²) < 4.78 is 7.41. The fourth-order valence-corrected chi connectivity index (χ4v) is 2.96. The highest BCUT2D eigenvalue weighted by Crippen LogP contribution is 2.30. The highest BCUT2D eigenvalue weighted by Gasteiger charge is 2.14. The Morgan fingerprint density at radius 1 is 1.04 bits per heavy atom. The average molecular weight is 436 g/mol. The molecule has 1 amide bonds. The van der Waals surface area contributed by atoms with Gasteiger partial charge in [0.05, 0.1) is 11.4 Å². The standard InChI is InChI=1S/C17H12Br2N2O2/c18-10-5-6-14(13(20)9-10)21-17(22)16-8-7-15(23-16)11-3-1-2-4-12(11)19/h1-9H,20H2,(H,21,22). The van der Waals surface area contributed by atoms with Gasteiger partial charge in [0.15, 0.2) is 5.76 Å². The average Bonchev–Trinajstić information content (AvgIpc) is 3.00. The van der Waals surface area contributed by atoms with Crippen LogP contribution < -0.4 is 11.1 Å². The Balaban J connectivity index is 1.83. The molecule has 0 bridgehead atoms. The van der Waals surface area contributed by atoms with E-state index in [1.165, 1.54) is 0 Å². The van der Waals surface area contributed by atoms with Crippen molar-refractivity contribution >= 4 is 49.1 Å². The Hall–Kier alpha value is -2.05. The van der Waals surface area contributed by atoms with Gasteiger partial charge in [-0.15, -0.1) is 0 Å². The SMILES string of the molecule is Nc1cc(Br)ccc1NC(=O)c1ccc(-c2ccccc2Br)o1. The van der Waals surface area contributed by atoms with Crippen LogP contribution in [-0.4, -0.2) is 5.91 Å². The normalized spacial score (nSPS) is 10.5. The number of nitrogens with one attached hydrogen (secondary N) is 1. The monoisotopic (exact) mass is 434 g/mol. The zero-order valence-corrected chi connectivity index (χ0v) is 15.0. The van der Waals surface area contributed by atoms with Gasteiger partial charge >= 0.3 is 0 Å². The predicted molar refractivity (Wildman–Crippen MR) is 98.4 cm³/mol. The molecule has 1 aromatic heterocycles. The number of rotatable bonds is 3. The molecule has 0 saturated carbocycles. The molecule has 2 aromatic carbocycles. The maximum absolute atomic E-state index is 12.3. The predicted octanol–water partition coefficient (Wildman–Crippen LogP) is 5.31. The first-order valence-electron chi connectivity index (χ1n) is 6.76. The molecule has 0 spiro atoms. The van der Waals surface area contributed by atoms with E-state index in [0.717, 1.165) is 14.5 Å². The third-order valence-electron chi connectivity index (χ3n) is 3.23. The van der Waals surface area contributed by atoms with Gasteiger partial charge < -0.3 is 15.5 Å². The van der Waals surface area contributed by atoms with Gasteiger partial charge in [0.1, 0.15) is 5.76 Å². The van der Waals surface area contributed by atoms with E-state index in [-0.39, 0.29) is 11.7 Å². The number of hydrogen-bond acceptors (Lipinski definition) is 3. The van der Waals surface area contributed by atoms with Gasteiger partial charge in [-0.1, -0.05) is 50.1 Å². The Kier molecular flexibility index (Phi) is 4.54. The summed E-state index contributed by atoms with van der Waals surface area (Å²) in [6, 6.07) is 16.3.